The monoisotopic (exact) mass is 393 g/mol. The van der Waals surface area contributed by atoms with Gasteiger partial charge < -0.3 is 19.4 Å². The highest BCUT2D eigenvalue weighted by atomic mass is 35.5. The van der Waals surface area contributed by atoms with E-state index >= 15 is 0 Å². The Labute approximate surface area is 166 Å². The average molecular weight is 394 g/mol. The lowest BCUT2D eigenvalue weighted by Gasteiger charge is -2.42. The standard InChI is InChI=1S/C20H28ClN3O3/c1-15-11-16(5-6-18(15)21)12-19(25)24-10-9-23(20(26)27-2)14-17(24)13-22-7-3-4-8-22/h5-6,11,17H,3-4,7-10,12-14H2,1-2H3/t17-/m1/s1. The lowest BCUT2D eigenvalue weighted by Crippen LogP contribution is -2.59. The van der Waals surface area contributed by atoms with E-state index in [1.54, 1.807) is 4.90 Å². The number of nitrogens with zero attached hydrogens (tertiary/aromatic N) is 3. The van der Waals surface area contributed by atoms with Gasteiger partial charge in [-0.25, -0.2) is 4.79 Å². The molecule has 6 nitrogen and oxygen atoms in total. The lowest BCUT2D eigenvalue weighted by molar-refractivity contribution is -0.135. The summed E-state index contributed by atoms with van der Waals surface area (Å²) in [7, 11) is 1.40. The molecular weight excluding hydrogens is 366 g/mol. The summed E-state index contributed by atoms with van der Waals surface area (Å²) < 4.78 is 4.88. The minimum absolute atomic E-state index is 0.00292. The summed E-state index contributed by atoms with van der Waals surface area (Å²) in [5.74, 6) is 0.102. The SMILES string of the molecule is COC(=O)N1CCN(C(=O)Cc2ccc(Cl)c(C)c2)[C@H](CN2CCCC2)C1. The second kappa shape index (κ2) is 8.93. The van der Waals surface area contributed by atoms with Gasteiger partial charge in [-0.05, 0) is 50.0 Å². The molecule has 3 rings (SSSR count). The number of piperazine rings is 1. The number of benzene rings is 1. The first-order valence-corrected chi connectivity index (χ1v) is 9.95. The van der Waals surface area contributed by atoms with E-state index in [0.29, 0.717) is 31.1 Å². The van der Waals surface area contributed by atoms with Crippen LogP contribution in [0.5, 0.6) is 0 Å². The Morgan fingerprint density at radius 3 is 2.59 bits per heavy atom. The van der Waals surface area contributed by atoms with Crippen molar-refractivity contribution in [2.24, 2.45) is 0 Å². The van der Waals surface area contributed by atoms with E-state index in [9.17, 15) is 9.59 Å². The fourth-order valence-electron chi connectivity index (χ4n) is 3.99. The number of amides is 2. The van der Waals surface area contributed by atoms with Crippen LogP contribution in [-0.4, -0.2) is 79.1 Å². The summed E-state index contributed by atoms with van der Waals surface area (Å²) in [5, 5.41) is 0.713. The van der Waals surface area contributed by atoms with E-state index in [1.165, 1.54) is 20.0 Å². The van der Waals surface area contributed by atoms with Crippen molar-refractivity contribution in [3.63, 3.8) is 0 Å². The molecule has 0 unspecified atom stereocenters. The van der Waals surface area contributed by atoms with Crippen molar-refractivity contribution in [2.45, 2.75) is 32.2 Å². The molecule has 0 spiro atoms. The average Bonchev–Trinajstić information content (AvgIpc) is 3.17. The number of likely N-dealkylation sites (tertiary alicyclic amines) is 1. The van der Waals surface area contributed by atoms with Gasteiger partial charge in [0.1, 0.15) is 0 Å². The van der Waals surface area contributed by atoms with Gasteiger partial charge in [0.2, 0.25) is 5.91 Å². The highest BCUT2D eigenvalue weighted by molar-refractivity contribution is 6.31. The van der Waals surface area contributed by atoms with Gasteiger partial charge in [-0.15, -0.1) is 0 Å². The van der Waals surface area contributed by atoms with Gasteiger partial charge >= 0.3 is 6.09 Å². The predicted octanol–water partition coefficient (Wildman–Crippen LogP) is 2.57. The van der Waals surface area contributed by atoms with Crippen LogP contribution >= 0.6 is 11.6 Å². The normalized spacial score (nSPS) is 20.8. The van der Waals surface area contributed by atoms with Crippen molar-refractivity contribution in [1.29, 1.82) is 0 Å². The smallest absolute Gasteiger partial charge is 0.409 e. The fourth-order valence-corrected chi connectivity index (χ4v) is 4.11. The van der Waals surface area contributed by atoms with Crippen LogP contribution in [0.15, 0.2) is 18.2 Å². The summed E-state index contributed by atoms with van der Waals surface area (Å²) in [4.78, 5) is 31.0. The maximum Gasteiger partial charge on any atom is 0.409 e. The number of rotatable bonds is 4. The third-order valence-corrected chi connectivity index (χ3v) is 5.91. The molecule has 2 fully saturated rings. The lowest BCUT2D eigenvalue weighted by atomic mass is 10.1. The molecule has 2 aliphatic rings. The molecule has 27 heavy (non-hydrogen) atoms. The molecule has 2 amide bonds. The number of aryl methyl sites for hydroxylation is 1. The largest absolute Gasteiger partial charge is 0.453 e. The minimum Gasteiger partial charge on any atom is -0.453 e. The van der Waals surface area contributed by atoms with Gasteiger partial charge in [-0.2, -0.15) is 0 Å². The van der Waals surface area contributed by atoms with E-state index in [0.717, 1.165) is 30.8 Å². The molecule has 148 valence electrons. The quantitative estimate of drug-likeness (QED) is 0.788. The highest BCUT2D eigenvalue weighted by Crippen LogP contribution is 2.20. The Morgan fingerprint density at radius 2 is 1.93 bits per heavy atom. The van der Waals surface area contributed by atoms with Gasteiger partial charge in [0.15, 0.2) is 0 Å². The zero-order chi connectivity index (χ0) is 19.4. The summed E-state index contributed by atoms with van der Waals surface area (Å²) in [6, 6.07) is 5.72. The molecule has 0 radical (unpaired) electrons. The van der Waals surface area contributed by atoms with Crippen molar-refractivity contribution in [2.75, 3.05) is 46.4 Å². The summed E-state index contributed by atoms with van der Waals surface area (Å²) in [5.41, 5.74) is 1.95. The third-order valence-electron chi connectivity index (χ3n) is 5.48. The van der Waals surface area contributed by atoms with Crippen LogP contribution in [0.4, 0.5) is 4.79 Å². The van der Waals surface area contributed by atoms with Gasteiger partial charge in [-0.1, -0.05) is 23.7 Å². The Bertz CT molecular complexity index is 691. The Kier molecular flexibility index (Phi) is 6.60. The zero-order valence-corrected chi connectivity index (χ0v) is 16.9. The number of methoxy groups -OCH3 is 1. The van der Waals surface area contributed by atoms with Gasteiger partial charge in [0.05, 0.1) is 19.6 Å². The second-order valence-electron chi connectivity index (χ2n) is 7.43. The Hall–Kier alpha value is -1.79. The molecule has 0 aliphatic carbocycles. The first kappa shape index (κ1) is 20.0. The van der Waals surface area contributed by atoms with Crippen molar-refractivity contribution in [3.8, 4) is 0 Å². The summed E-state index contributed by atoms with van der Waals surface area (Å²) in [6.45, 7) is 6.45. The number of ether oxygens (including phenoxy) is 1. The number of carbonyl (C=O) groups excluding carboxylic acids is 2. The molecule has 1 aromatic carbocycles. The van der Waals surface area contributed by atoms with Crippen LogP contribution < -0.4 is 0 Å². The number of hydrogen-bond acceptors (Lipinski definition) is 4. The van der Waals surface area contributed by atoms with Crippen LogP contribution in [0.25, 0.3) is 0 Å². The van der Waals surface area contributed by atoms with Crippen molar-refractivity contribution in [3.05, 3.63) is 34.3 Å². The maximum atomic E-state index is 13.0. The maximum absolute atomic E-state index is 13.0. The Balaban J connectivity index is 1.70. The van der Waals surface area contributed by atoms with E-state index in [4.69, 9.17) is 16.3 Å². The predicted molar refractivity (Wildman–Crippen MR) is 105 cm³/mol. The van der Waals surface area contributed by atoms with E-state index in [1.807, 2.05) is 30.0 Å². The van der Waals surface area contributed by atoms with Crippen LogP contribution in [0.1, 0.15) is 24.0 Å². The number of hydrogen-bond donors (Lipinski definition) is 0. The molecule has 7 heteroatoms. The van der Waals surface area contributed by atoms with E-state index < -0.39 is 0 Å². The van der Waals surface area contributed by atoms with E-state index in [-0.39, 0.29) is 18.0 Å². The number of carbonyl (C=O) groups is 2. The minimum atomic E-state index is -0.318. The molecule has 1 aromatic rings. The molecule has 0 bridgehead atoms. The van der Waals surface area contributed by atoms with Crippen LogP contribution in [0, 0.1) is 6.92 Å². The molecule has 0 N–H and O–H groups in total. The summed E-state index contributed by atoms with van der Waals surface area (Å²) >= 11 is 6.09. The summed E-state index contributed by atoms with van der Waals surface area (Å²) in [6.07, 6.45) is 2.44. The van der Waals surface area contributed by atoms with Gasteiger partial charge in [0, 0.05) is 31.2 Å². The van der Waals surface area contributed by atoms with Crippen LogP contribution in [-0.2, 0) is 16.0 Å². The topological polar surface area (TPSA) is 53.1 Å². The first-order valence-electron chi connectivity index (χ1n) is 9.57. The van der Waals surface area contributed by atoms with Crippen LogP contribution in [0.3, 0.4) is 0 Å². The van der Waals surface area contributed by atoms with Crippen molar-refractivity contribution >= 4 is 23.6 Å². The van der Waals surface area contributed by atoms with Crippen molar-refractivity contribution in [1.82, 2.24) is 14.7 Å². The zero-order valence-electron chi connectivity index (χ0n) is 16.1. The number of halogens is 1. The van der Waals surface area contributed by atoms with Crippen molar-refractivity contribution < 1.29 is 14.3 Å². The third kappa shape index (κ3) is 4.93. The van der Waals surface area contributed by atoms with Gasteiger partial charge in [0.25, 0.3) is 0 Å². The molecule has 0 saturated carbocycles. The van der Waals surface area contributed by atoms with E-state index in [2.05, 4.69) is 4.90 Å². The molecule has 2 heterocycles. The molecule has 0 aromatic heterocycles. The fraction of sp³-hybridized carbons (Fsp3) is 0.600. The second-order valence-corrected chi connectivity index (χ2v) is 7.83. The molecular formula is C20H28ClN3O3. The van der Waals surface area contributed by atoms with Gasteiger partial charge in [-0.3, -0.25) is 4.79 Å². The first-order chi connectivity index (χ1) is 13.0. The highest BCUT2D eigenvalue weighted by Gasteiger charge is 2.34. The molecule has 2 aliphatic heterocycles. The van der Waals surface area contributed by atoms with Crippen LogP contribution in [0.2, 0.25) is 5.02 Å². The Morgan fingerprint density at radius 1 is 1.19 bits per heavy atom. The molecule has 2 saturated heterocycles. The molecule has 1 atom stereocenters.